The molecule has 1 unspecified atom stereocenters. The first-order chi connectivity index (χ1) is 8.56. The van der Waals surface area contributed by atoms with Crippen LogP contribution in [0.15, 0.2) is 0 Å². The molecule has 0 aromatic carbocycles. The van der Waals surface area contributed by atoms with Gasteiger partial charge in [0.15, 0.2) is 0 Å². The van der Waals surface area contributed by atoms with Gasteiger partial charge in [-0.2, -0.15) is 0 Å². The fraction of sp³-hybridized carbons (Fsp3) is 0.846. The van der Waals surface area contributed by atoms with Crippen molar-refractivity contribution in [2.45, 2.75) is 52.1 Å². The van der Waals surface area contributed by atoms with Crippen LogP contribution < -0.4 is 10.6 Å². The summed E-state index contributed by atoms with van der Waals surface area (Å²) in [4.78, 5) is 25.5. The van der Waals surface area contributed by atoms with Crippen molar-refractivity contribution in [1.82, 2.24) is 15.5 Å². The lowest BCUT2D eigenvalue weighted by atomic mass is 10.3. The van der Waals surface area contributed by atoms with E-state index in [9.17, 15) is 9.59 Å². The molecule has 5 nitrogen and oxygen atoms in total. The smallest absolute Gasteiger partial charge is 0.237 e. The first kappa shape index (κ1) is 15.0. The lowest BCUT2D eigenvalue weighted by Crippen LogP contribution is -2.46. The molecule has 0 bridgehead atoms. The molecule has 1 heterocycles. The Morgan fingerprint density at radius 3 is 2.67 bits per heavy atom. The molecular formula is C13H25N3O2. The van der Waals surface area contributed by atoms with Crippen LogP contribution in [0.4, 0.5) is 0 Å². The molecule has 2 amide bonds. The maximum atomic E-state index is 12.0. The van der Waals surface area contributed by atoms with Crippen LogP contribution >= 0.6 is 0 Å². The van der Waals surface area contributed by atoms with E-state index in [0.29, 0.717) is 25.6 Å². The van der Waals surface area contributed by atoms with Crippen LogP contribution in [0, 0.1) is 0 Å². The van der Waals surface area contributed by atoms with Gasteiger partial charge in [0.05, 0.1) is 6.04 Å². The van der Waals surface area contributed by atoms with Gasteiger partial charge in [-0.15, -0.1) is 0 Å². The summed E-state index contributed by atoms with van der Waals surface area (Å²) in [7, 11) is 0. The zero-order chi connectivity index (χ0) is 13.5. The largest absolute Gasteiger partial charge is 0.356 e. The van der Waals surface area contributed by atoms with Crippen molar-refractivity contribution in [3.8, 4) is 0 Å². The summed E-state index contributed by atoms with van der Waals surface area (Å²) < 4.78 is 0. The van der Waals surface area contributed by atoms with Crippen molar-refractivity contribution in [2.75, 3.05) is 19.6 Å². The normalized spacial score (nSPS) is 20.1. The maximum Gasteiger partial charge on any atom is 0.237 e. The number of carbonyl (C=O) groups is 2. The monoisotopic (exact) mass is 263 g/mol. The van der Waals surface area contributed by atoms with E-state index in [0.717, 1.165) is 19.4 Å². The van der Waals surface area contributed by atoms with E-state index in [1.807, 2.05) is 6.92 Å². The highest BCUT2D eigenvalue weighted by Crippen LogP contribution is 2.19. The van der Waals surface area contributed by atoms with Crippen LogP contribution in [-0.2, 0) is 9.59 Å². The van der Waals surface area contributed by atoms with Crippen LogP contribution in [0.3, 0.4) is 0 Å². The zero-order valence-corrected chi connectivity index (χ0v) is 11.7. The Labute approximate surface area is 109 Å². The van der Waals surface area contributed by atoms with Crippen molar-refractivity contribution in [1.29, 1.82) is 0 Å². The zero-order valence-electron chi connectivity index (χ0n) is 11.7. The van der Waals surface area contributed by atoms with Crippen LogP contribution in [0.5, 0.6) is 0 Å². The van der Waals surface area contributed by atoms with Crippen LogP contribution in [0.1, 0.15) is 40.0 Å². The highest BCUT2D eigenvalue weighted by atomic mass is 16.3. The summed E-state index contributed by atoms with van der Waals surface area (Å²) in [6.07, 6.45) is 2.35. The Bertz CT molecular complexity index is 292. The molecule has 0 aromatic heterocycles. The van der Waals surface area contributed by atoms with E-state index in [1.54, 1.807) is 0 Å². The van der Waals surface area contributed by atoms with Crippen molar-refractivity contribution < 1.29 is 9.59 Å². The molecule has 1 aliphatic heterocycles. The average Bonchev–Trinajstić information content (AvgIpc) is 2.78. The summed E-state index contributed by atoms with van der Waals surface area (Å²) >= 11 is 0. The molecule has 18 heavy (non-hydrogen) atoms. The number of hydrogen-bond acceptors (Lipinski definition) is 3. The van der Waals surface area contributed by atoms with Crippen molar-refractivity contribution in [3.05, 3.63) is 0 Å². The molecule has 0 aromatic rings. The number of amides is 2. The van der Waals surface area contributed by atoms with Gasteiger partial charge in [0.2, 0.25) is 11.8 Å². The Balaban J connectivity index is 2.30. The first-order valence-corrected chi connectivity index (χ1v) is 6.86. The summed E-state index contributed by atoms with van der Waals surface area (Å²) in [5.74, 6) is 0.0513. The van der Waals surface area contributed by atoms with Gasteiger partial charge in [-0.1, -0.05) is 0 Å². The second kappa shape index (κ2) is 7.36. The number of likely N-dealkylation sites (tertiary alicyclic amines) is 1. The third-order valence-corrected chi connectivity index (χ3v) is 3.29. The predicted octanol–water partition coefficient (Wildman–Crippen LogP) is 0.502. The average molecular weight is 263 g/mol. The molecule has 1 fully saturated rings. The number of nitrogens with one attached hydrogen (secondary N) is 2. The number of rotatable bonds is 6. The molecule has 0 aliphatic carbocycles. The van der Waals surface area contributed by atoms with E-state index in [2.05, 4.69) is 29.4 Å². The Morgan fingerprint density at radius 1 is 1.33 bits per heavy atom. The minimum atomic E-state index is -0.0146. The Kier molecular flexibility index (Phi) is 6.12. The highest BCUT2D eigenvalue weighted by Gasteiger charge is 2.31. The van der Waals surface area contributed by atoms with Crippen LogP contribution in [0.25, 0.3) is 0 Å². The van der Waals surface area contributed by atoms with Gasteiger partial charge in [0, 0.05) is 25.6 Å². The highest BCUT2D eigenvalue weighted by molar-refractivity contribution is 5.83. The van der Waals surface area contributed by atoms with Crippen molar-refractivity contribution in [3.63, 3.8) is 0 Å². The van der Waals surface area contributed by atoms with E-state index in [1.165, 1.54) is 0 Å². The lowest BCUT2D eigenvalue weighted by molar-refractivity contribution is -0.126. The Hall–Kier alpha value is -1.10. The molecule has 1 rings (SSSR count). The standard InChI is InChI=1S/C13H25N3O2/c1-4-14-12(17)7-8-15-13(18)11-6-5-9-16(11)10(2)3/h10-11H,4-9H2,1-3H3,(H,14,17)(H,15,18)/i1+1,4+1,7+1,8+1,12+1,13+1,15+1,16+1. The SMILES string of the molecule is CC(C)[15N]1CCCC1[13C](=O)[15NH][13CH2][13CH2][13C](=O)N[13CH2][13CH3]. The van der Waals surface area contributed by atoms with Gasteiger partial charge in [-0.25, -0.2) is 0 Å². The topological polar surface area (TPSA) is 61.4 Å². The third kappa shape index (κ3) is 4.29. The fourth-order valence-electron chi connectivity index (χ4n) is 2.39. The fourth-order valence-corrected chi connectivity index (χ4v) is 2.39. The van der Waals surface area contributed by atoms with Gasteiger partial charge < -0.3 is 10.6 Å². The van der Waals surface area contributed by atoms with Crippen molar-refractivity contribution in [2.24, 2.45) is 0 Å². The molecule has 1 aliphatic rings. The summed E-state index contributed by atoms with van der Waals surface area (Å²) in [5, 5.41) is 5.57. The molecule has 0 radical (unpaired) electrons. The van der Waals surface area contributed by atoms with Gasteiger partial charge >= 0.3 is 0 Å². The summed E-state index contributed by atoms with van der Waals surface area (Å²) in [6, 6.07) is 0.380. The van der Waals surface area contributed by atoms with E-state index >= 15 is 0 Å². The number of carbonyl (C=O) groups excluding carboxylic acids is 2. The maximum absolute atomic E-state index is 12.0. The lowest BCUT2D eigenvalue weighted by Gasteiger charge is -2.27. The second-order valence-corrected chi connectivity index (χ2v) is 4.98. The van der Waals surface area contributed by atoms with Crippen LogP contribution in [-0.4, -0.2) is 48.4 Å². The quantitative estimate of drug-likeness (QED) is 0.542. The van der Waals surface area contributed by atoms with E-state index < -0.39 is 0 Å². The minimum Gasteiger partial charge on any atom is -0.356 e. The number of hydrogen-bond donors (Lipinski definition) is 2. The molecule has 2 N–H and O–H groups in total. The molecule has 0 saturated carbocycles. The van der Waals surface area contributed by atoms with Crippen molar-refractivity contribution >= 4 is 11.8 Å². The van der Waals surface area contributed by atoms with Gasteiger partial charge in [0.25, 0.3) is 0 Å². The van der Waals surface area contributed by atoms with Crippen LogP contribution in [0.2, 0.25) is 0 Å². The number of nitrogens with zero attached hydrogens (tertiary/aromatic N) is 1. The van der Waals surface area contributed by atoms with E-state index in [-0.39, 0.29) is 17.9 Å². The summed E-state index contributed by atoms with van der Waals surface area (Å²) in [5.41, 5.74) is 0. The summed E-state index contributed by atoms with van der Waals surface area (Å²) in [6.45, 7) is 8.16. The first-order valence-electron chi connectivity index (χ1n) is 6.86. The molecule has 1 saturated heterocycles. The molecular weight excluding hydrogens is 238 g/mol. The minimum absolute atomic E-state index is 0.00932. The van der Waals surface area contributed by atoms with Gasteiger partial charge in [0.1, 0.15) is 0 Å². The Morgan fingerprint density at radius 2 is 2.06 bits per heavy atom. The predicted molar refractivity (Wildman–Crippen MR) is 71.2 cm³/mol. The molecule has 1 atom stereocenters. The van der Waals surface area contributed by atoms with Gasteiger partial charge in [-0.05, 0) is 40.2 Å². The molecule has 104 valence electrons. The van der Waals surface area contributed by atoms with E-state index in [4.69, 9.17) is 0 Å². The third-order valence-electron chi connectivity index (χ3n) is 3.29. The molecule has 0 spiro atoms. The molecule has 5 heteroatoms. The second-order valence-electron chi connectivity index (χ2n) is 4.98. The van der Waals surface area contributed by atoms with Gasteiger partial charge in [-0.3, -0.25) is 14.5 Å².